The molecule has 0 atom stereocenters. The molecule has 4 nitrogen and oxygen atoms in total. The molecular formula is C15H20N4. The van der Waals surface area contributed by atoms with Gasteiger partial charge in [0.1, 0.15) is 0 Å². The Morgan fingerprint density at radius 1 is 1.37 bits per heavy atom. The van der Waals surface area contributed by atoms with Crippen molar-refractivity contribution in [3.05, 3.63) is 59.9 Å². The molecule has 0 saturated carbocycles. The molecule has 4 heteroatoms. The Morgan fingerprint density at radius 3 is 2.68 bits per heavy atom. The normalized spacial score (nSPS) is 12.7. The summed E-state index contributed by atoms with van der Waals surface area (Å²) in [5, 5.41) is 2.95. The summed E-state index contributed by atoms with van der Waals surface area (Å²) < 4.78 is 0. The fourth-order valence-corrected chi connectivity index (χ4v) is 1.32. The molecule has 3 N–H and O–H groups in total. The molecule has 0 fully saturated rings. The first-order valence-corrected chi connectivity index (χ1v) is 6.08. The van der Waals surface area contributed by atoms with Crippen molar-refractivity contribution >= 4 is 12.2 Å². The zero-order valence-corrected chi connectivity index (χ0v) is 11.4. The van der Waals surface area contributed by atoms with Gasteiger partial charge in [-0.15, -0.1) is 0 Å². The smallest absolute Gasteiger partial charge is 0.193 e. The molecule has 0 unspecified atom stereocenters. The van der Waals surface area contributed by atoms with Crippen LogP contribution in [0.1, 0.15) is 19.4 Å². The number of aliphatic imine (C=N–C) groups is 2. The first-order valence-electron chi connectivity index (χ1n) is 6.08. The largest absolute Gasteiger partial charge is 0.370 e. The van der Waals surface area contributed by atoms with Gasteiger partial charge in [-0.05, 0) is 25.0 Å². The van der Waals surface area contributed by atoms with Crippen molar-refractivity contribution in [1.29, 1.82) is 0 Å². The third-order valence-corrected chi connectivity index (χ3v) is 2.45. The van der Waals surface area contributed by atoms with Crippen LogP contribution in [-0.2, 0) is 6.54 Å². The monoisotopic (exact) mass is 256 g/mol. The summed E-state index contributed by atoms with van der Waals surface area (Å²) in [5.41, 5.74) is 8.52. The number of allylic oxidation sites excluding steroid dienone is 1. The van der Waals surface area contributed by atoms with Crippen LogP contribution < -0.4 is 11.1 Å². The van der Waals surface area contributed by atoms with Gasteiger partial charge >= 0.3 is 0 Å². The summed E-state index contributed by atoms with van der Waals surface area (Å²) in [5.74, 6) is 0.349. The number of nitrogens with zero attached hydrogens (tertiary/aromatic N) is 2. The third kappa shape index (κ3) is 5.68. The minimum Gasteiger partial charge on any atom is -0.370 e. The van der Waals surface area contributed by atoms with Gasteiger partial charge in [-0.25, -0.2) is 4.99 Å². The lowest BCUT2D eigenvalue weighted by molar-refractivity contribution is 1.01. The summed E-state index contributed by atoms with van der Waals surface area (Å²) in [6.07, 6.45) is 3.43. The second-order valence-corrected chi connectivity index (χ2v) is 4.01. The standard InChI is InChI=1S/C15H20N4/c1-4-17-10-12(2)13(3)19-15(16)18-11-14-8-6-5-7-9-14/h4-10H,3,11H2,1-2H3,(H3,16,18,19)/b12-10+,17-4?. The molecule has 0 heterocycles. The maximum absolute atomic E-state index is 5.80. The van der Waals surface area contributed by atoms with Crippen molar-refractivity contribution in [3.63, 3.8) is 0 Å². The van der Waals surface area contributed by atoms with E-state index in [4.69, 9.17) is 5.73 Å². The van der Waals surface area contributed by atoms with E-state index >= 15 is 0 Å². The van der Waals surface area contributed by atoms with Gasteiger partial charge in [0.25, 0.3) is 0 Å². The molecule has 0 bridgehead atoms. The molecule has 0 aliphatic heterocycles. The SMILES string of the molecule is C=C(NC(N)=NCc1ccccc1)/C(C)=C/N=CC. The van der Waals surface area contributed by atoms with Gasteiger partial charge in [0.2, 0.25) is 0 Å². The summed E-state index contributed by atoms with van der Waals surface area (Å²) in [6.45, 7) is 8.20. The maximum Gasteiger partial charge on any atom is 0.193 e. The van der Waals surface area contributed by atoms with Crippen LogP contribution in [0.25, 0.3) is 0 Å². The van der Waals surface area contributed by atoms with Crippen LogP contribution in [0, 0.1) is 0 Å². The van der Waals surface area contributed by atoms with Crippen molar-refractivity contribution < 1.29 is 0 Å². The number of benzene rings is 1. The van der Waals surface area contributed by atoms with E-state index in [0.29, 0.717) is 18.2 Å². The Morgan fingerprint density at radius 2 is 2.05 bits per heavy atom. The van der Waals surface area contributed by atoms with Gasteiger partial charge in [-0.3, -0.25) is 4.99 Å². The van der Waals surface area contributed by atoms with Gasteiger partial charge in [0.05, 0.1) is 6.54 Å². The van der Waals surface area contributed by atoms with Crippen molar-refractivity contribution in [3.8, 4) is 0 Å². The molecule has 1 aromatic rings. The highest BCUT2D eigenvalue weighted by atomic mass is 15.1. The highest BCUT2D eigenvalue weighted by Crippen LogP contribution is 2.03. The fourth-order valence-electron chi connectivity index (χ4n) is 1.32. The Bertz CT molecular complexity index is 498. The predicted molar refractivity (Wildman–Crippen MR) is 82.0 cm³/mol. The van der Waals surface area contributed by atoms with Crippen LogP contribution in [0.5, 0.6) is 0 Å². The first-order chi connectivity index (χ1) is 9.13. The molecule has 19 heavy (non-hydrogen) atoms. The van der Waals surface area contributed by atoms with Crippen LogP contribution in [0.4, 0.5) is 0 Å². The zero-order valence-electron chi connectivity index (χ0n) is 11.4. The second kappa shape index (κ2) is 7.87. The van der Waals surface area contributed by atoms with E-state index in [9.17, 15) is 0 Å². The van der Waals surface area contributed by atoms with E-state index in [1.54, 1.807) is 12.4 Å². The molecule has 0 amide bonds. The van der Waals surface area contributed by atoms with Gasteiger partial charge in [-0.2, -0.15) is 0 Å². The molecule has 0 radical (unpaired) electrons. The molecular weight excluding hydrogens is 236 g/mol. The highest BCUT2D eigenvalue weighted by molar-refractivity contribution is 5.80. The molecule has 0 spiro atoms. The van der Waals surface area contributed by atoms with Crippen molar-refractivity contribution in [2.45, 2.75) is 20.4 Å². The lowest BCUT2D eigenvalue weighted by Gasteiger charge is -2.08. The van der Waals surface area contributed by atoms with E-state index in [1.165, 1.54) is 0 Å². The van der Waals surface area contributed by atoms with E-state index in [0.717, 1.165) is 11.1 Å². The second-order valence-electron chi connectivity index (χ2n) is 4.01. The lowest BCUT2D eigenvalue weighted by atomic mass is 10.2. The minimum absolute atomic E-state index is 0.349. The quantitative estimate of drug-likeness (QED) is 0.483. The lowest BCUT2D eigenvalue weighted by Crippen LogP contribution is -2.31. The number of hydrogen-bond acceptors (Lipinski definition) is 2. The summed E-state index contributed by atoms with van der Waals surface area (Å²) in [6, 6.07) is 9.94. The number of hydrogen-bond donors (Lipinski definition) is 2. The van der Waals surface area contributed by atoms with Crippen LogP contribution >= 0.6 is 0 Å². The first kappa shape index (κ1) is 14.7. The van der Waals surface area contributed by atoms with E-state index < -0.39 is 0 Å². The zero-order chi connectivity index (χ0) is 14.1. The Kier molecular flexibility index (Phi) is 6.09. The maximum atomic E-state index is 5.80. The van der Waals surface area contributed by atoms with E-state index in [-0.39, 0.29) is 0 Å². The topological polar surface area (TPSA) is 62.8 Å². The fraction of sp³-hybridized carbons (Fsp3) is 0.200. The molecule has 0 aliphatic rings. The van der Waals surface area contributed by atoms with Crippen LogP contribution in [-0.4, -0.2) is 12.2 Å². The van der Waals surface area contributed by atoms with Crippen LogP contribution in [0.15, 0.2) is 64.4 Å². The van der Waals surface area contributed by atoms with Crippen molar-refractivity contribution in [1.82, 2.24) is 5.32 Å². The van der Waals surface area contributed by atoms with Gasteiger partial charge in [0.15, 0.2) is 5.96 Å². The Labute approximate surface area is 114 Å². The number of nitrogens with two attached hydrogens (primary N) is 1. The van der Waals surface area contributed by atoms with Crippen molar-refractivity contribution in [2.24, 2.45) is 15.7 Å². The Hall–Kier alpha value is -2.36. The molecule has 1 aromatic carbocycles. The van der Waals surface area contributed by atoms with Crippen molar-refractivity contribution in [2.75, 3.05) is 0 Å². The molecule has 0 aromatic heterocycles. The molecule has 100 valence electrons. The van der Waals surface area contributed by atoms with Gasteiger partial charge in [0, 0.05) is 18.1 Å². The number of nitrogens with one attached hydrogen (secondary N) is 1. The van der Waals surface area contributed by atoms with E-state index in [2.05, 4.69) is 21.9 Å². The predicted octanol–water partition coefficient (Wildman–Crippen LogP) is 2.60. The van der Waals surface area contributed by atoms with E-state index in [1.807, 2.05) is 44.2 Å². The Balaban J connectivity index is 2.55. The average molecular weight is 256 g/mol. The third-order valence-electron chi connectivity index (χ3n) is 2.45. The van der Waals surface area contributed by atoms with Crippen LogP contribution in [0.2, 0.25) is 0 Å². The highest BCUT2D eigenvalue weighted by Gasteiger charge is 1.98. The molecule has 0 saturated heterocycles. The van der Waals surface area contributed by atoms with Gasteiger partial charge < -0.3 is 11.1 Å². The van der Waals surface area contributed by atoms with Crippen LogP contribution in [0.3, 0.4) is 0 Å². The minimum atomic E-state index is 0.349. The average Bonchev–Trinajstić information content (AvgIpc) is 2.43. The summed E-state index contributed by atoms with van der Waals surface area (Å²) in [4.78, 5) is 8.28. The molecule has 0 aliphatic carbocycles. The number of guanidine groups is 1. The summed E-state index contributed by atoms with van der Waals surface area (Å²) in [7, 11) is 0. The molecule has 1 rings (SSSR count). The summed E-state index contributed by atoms with van der Waals surface area (Å²) >= 11 is 0. The van der Waals surface area contributed by atoms with Gasteiger partial charge in [-0.1, -0.05) is 36.9 Å². The number of rotatable bonds is 5.